The summed E-state index contributed by atoms with van der Waals surface area (Å²) in [7, 11) is -0.957. The van der Waals surface area contributed by atoms with E-state index in [2.05, 4.69) is 4.72 Å². The number of benzene rings is 1. The molecule has 6 nitrogen and oxygen atoms in total. The summed E-state index contributed by atoms with van der Waals surface area (Å²) < 4.78 is 37.4. The molecule has 1 rings (SSSR count). The van der Waals surface area contributed by atoms with Crippen LogP contribution < -0.4 is 14.2 Å². The van der Waals surface area contributed by atoms with Gasteiger partial charge in [0.1, 0.15) is 16.4 Å². The van der Waals surface area contributed by atoms with Crippen LogP contribution in [0.15, 0.2) is 23.1 Å². The SMILES string of the molecule is COc1ccc(OC)c(S(=O)(=O)N[C@H](CO)C(C)C)c1. The number of rotatable bonds is 7. The van der Waals surface area contributed by atoms with Gasteiger partial charge in [-0.1, -0.05) is 13.8 Å². The molecule has 1 aromatic carbocycles. The molecule has 114 valence electrons. The fourth-order valence-corrected chi connectivity index (χ4v) is 3.20. The highest BCUT2D eigenvalue weighted by atomic mass is 32.2. The second-order valence-corrected chi connectivity index (χ2v) is 6.35. The van der Waals surface area contributed by atoms with E-state index in [-0.39, 0.29) is 23.2 Å². The van der Waals surface area contributed by atoms with E-state index in [1.165, 1.54) is 26.4 Å². The summed E-state index contributed by atoms with van der Waals surface area (Å²) in [4.78, 5) is -0.0153. The van der Waals surface area contributed by atoms with Gasteiger partial charge in [0.05, 0.1) is 20.8 Å². The van der Waals surface area contributed by atoms with Crippen LogP contribution in [-0.2, 0) is 10.0 Å². The van der Waals surface area contributed by atoms with Crippen molar-refractivity contribution >= 4 is 10.0 Å². The van der Waals surface area contributed by atoms with Gasteiger partial charge in [0.2, 0.25) is 10.0 Å². The van der Waals surface area contributed by atoms with Crippen LogP contribution in [0.2, 0.25) is 0 Å². The summed E-state index contributed by atoms with van der Waals surface area (Å²) >= 11 is 0. The van der Waals surface area contributed by atoms with Crippen molar-refractivity contribution in [3.05, 3.63) is 18.2 Å². The standard InChI is InChI=1S/C13H21NO5S/c1-9(2)11(8-15)14-20(16,17)13-7-10(18-3)5-6-12(13)19-4/h5-7,9,11,14-15H,8H2,1-4H3/t11-/m1/s1. The fraction of sp³-hybridized carbons (Fsp3) is 0.538. The Labute approximate surface area is 119 Å². The van der Waals surface area contributed by atoms with Gasteiger partial charge in [0.15, 0.2) is 0 Å². The summed E-state index contributed by atoms with van der Waals surface area (Å²) in [5, 5.41) is 9.25. The highest BCUT2D eigenvalue weighted by Gasteiger charge is 2.25. The highest BCUT2D eigenvalue weighted by Crippen LogP contribution is 2.28. The Morgan fingerprint density at radius 3 is 2.35 bits per heavy atom. The van der Waals surface area contributed by atoms with Crippen LogP contribution in [0.3, 0.4) is 0 Å². The van der Waals surface area contributed by atoms with Gasteiger partial charge in [-0.25, -0.2) is 13.1 Å². The number of sulfonamides is 1. The summed E-state index contributed by atoms with van der Waals surface area (Å²) in [5.41, 5.74) is 0. The van der Waals surface area contributed by atoms with E-state index in [0.717, 1.165) is 0 Å². The number of methoxy groups -OCH3 is 2. The maximum absolute atomic E-state index is 12.4. The smallest absolute Gasteiger partial charge is 0.244 e. The molecule has 7 heteroatoms. The third-order valence-corrected chi connectivity index (χ3v) is 4.48. The number of aliphatic hydroxyl groups excluding tert-OH is 1. The molecule has 2 N–H and O–H groups in total. The van der Waals surface area contributed by atoms with Crippen LogP contribution in [0.5, 0.6) is 11.5 Å². The van der Waals surface area contributed by atoms with Gasteiger partial charge in [-0.05, 0) is 18.1 Å². The van der Waals surface area contributed by atoms with E-state index in [4.69, 9.17) is 9.47 Å². The molecule has 1 atom stereocenters. The molecule has 0 amide bonds. The van der Waals surface area contributed by atoms with Crippen LogP contribution in [0.1, 0.15) is 13.8 Å². The second-order valence-electron chi connectivity index (χ2n) is 4.67. The van der Waals surface area contributed by atoms with Crippen molar-refractivity contribution in [3.8, 4) is 11.5 Å². The van der Waals surface area contributed by atoms with Crippen molar-refractivity contribution in [2.24, 2.45) is 5.92 Å². The molecular formula is C13H21NO5S. The second kappa shape index (κ2) is 6.92. The maximum Gasteiger partial charge on any atom is 0.244 e. The fourth-order valence-electron chi connectivity index (χ4n) is 1.64. The van der Waals surface area contributed by atoms with Gasteiger partial charge < -0.3 is 14.6 Å². The molecule has 0 fully saturated rings. The van der Waals surface area contributed by atoms with E-state index in [1.807, 2.05) is 13.8 Å². The minimum atomic E-state index is -3.81. The van der Waals surface area contributed by atoms with Crippen LogP contribution >= 0.6 is 0 Å². The van der Waals surface area contributed by atoms with Crippen molar-refractivity contribution in [1.29, 1.82) is 0 Å². The molecule has 0 unspecified atom stereocenters. The predicted molar refractivity (Wildman–Crippen MR) is 75.6 cm³/mol. The van der Waals surface area contributed by atoms with E-state index in [0.29, 0.717) is 5.75 Å². The first kappa shape index (κ1) is 16.7. The molecule has 0 saturated heterocycles. The topological polar surface area (TPSA) is 84.9 Å². The van der Waals surface area contributed by atoms with Crippen molar-refractivity contribution in [1.82, 2.24) is 4.72 Å². The van der Waals surface area contributed by atoms with Crippen LogP contribution in [0, 0.1) is 5.92 Å². The Balaban J connectivity index is 3.20. The summed E-state index contributed by atoms with van der Waals surface area (Å²) in [6, 6.07) is 3.96. The average molecular weight is 303 g/mol. The third-order valence-electron chi connectivity index (χ3n) is 2.97. The van der Waals surface area contributed by atoms with Crippen molar-refractivity contribution in [2.45, 2.75) is 24.8 Å². The Kier molecular flexibility index (Phi) is 5.79. The molecule has 0 radical (unpaired) electrons. The third kappa shape index (κ3) is 3.84. The predicted octanol–water partition coefficient (Wildman–Crippen LogP) is 0.999. The molecule has 0 aromatic heterocycles. The van der Waals surface area contributed by atoms with Gasteiger partial charge >= 0.3 is 0 Å². The highest BCUT2D eigenvalue weighted by molar-refractivity contribution is 7.89. The van der Waals surface area contributed by atoms with Gasteiger partial charge in [0.25, 0.3) is 0 Å². The Bertz CT molecular complexity index is 542. The lowest BCUT2D eigenvalue weighted by Crippen LogP contribution is -2.41. The summed E-state index contributed by atoms with van der Waals surface area (Å²) in [6.45, 7) is 3.38. The van der Waals surface area contributed by atoms with E-state index in [1.54, 1.807) is 6.07 Å². The molecule has 0 aliphatic carbocycles. The zero-order valence-electron chi connectivity index (χ0n) is 12.1. The average Bonchev–Trinajstić information content (AvgIpc) is 2.43. The van der Waals surface area contributed by atoms with E-state index < -0.39 is 16.1 Å². The number of ether oxygens (including phenoxy) is 2. The zero-order chi connectivity index (χ0) is 15.3. The monoisotopic (exact) mass is 303 g/mol. The van der Waals surface area contributed by atoms with Crippen molar-refractivity contribution in [2.75, 3.05) is 20.8 Å². The van der Waals surface area contributed by atoms with Gasteiger partial charge in [-0.15, -0.1) is 0 Å². The number of nitrogens with one attached hydrogen (secondary N) is 1. The van der Waals surface area contributed by atoms with Crippen molar-refractivity contribution in [3.63, 3.8) is 0 Å². The van der Waals surface area contributed by atoms with Crippen LogP contribution in [0.25, 0.3) is 0 Å². The number of hydrogen-bond acceptors (Lipinski definition) is 5. The molecule has 0 spiro atoms. The first-order chi connectivity index (χ1) is 9.35. The molecular weight excluding hydrogens is 282 g/mol. The van der Waals surface area contributed by atoms with Crippen molar-refractivity contribution < 1.29 is 23.0 Å². The molecule has 20 heavy (non-hydrogen) atoms. The Morgan fingerprint density at radius 2 is 1.90 bits per heavy atom. The van der Waals surface area contributed by atoms with E-state index >= 15 is 0 Å². The zero-order valence-corrected chi connectivity index (χ0v) is 12.9. The first-order valence-electron chi connectivity index (χ1n) is 6.21. The van der Waals surface area contributed by atoms with E-state index in [9.17, 15) is 13.5 Å². The lowest BCUT2D eigenvalue weighted by Gasteiger charge is -2.20. The number of hydrogen-bond donors (Lipinski definition) is 2. The molecule has 0 saturated carbocycles. The van der Waals surface area contributed by atoms with Crippen LogP contribution in [-0.4, -0.2) is 40.4 Å². The molecule has 0 aliphatic rings. The van der Waals surface area contributed by atoms with Gasteiger partial charge in [0, 0.05) is 12.1 Å². The molecule has 0 heterocycles. The molecule has 0 bridgehead atoms. The Hall–Kier alpha value is -1.31. The normalized spacial score (nSPS) is 13.3. The maximum atomic E-state index is 12.4. The van der Waals surface area contributed by atoms with Gasteiger partial charge in [-0.3, -0.25) is 0 Å². The lowest BCUT2D eigenvalue weighted by atomic mass is 10.1. The van der Waals surface area contributed by atoms with Gasteiger partial charge in [-0.2, -0.15) is 0 Å². The molecule has 0 aliphatic heterocycles. The largest absolute Gasteiger partial charge is 0.497 e. The minimum absolute atomic E-state index is 0.0153. The first-order valence-corrected chi connectivity index (χ1v) is 7.69. The quantitative estimate of drug-likeness (QED) is 0.785. The minimum Gasteiger partial charge on any atom is -0.497 e. The summed E-state index contributed by atoms with van der Waals surface area (Å²) in [5.74, 6) is 0.599. The lowest BCUT2D eigenvalue weighted by molar-refractivity contribution is 0.227. The van der Waals surface area contributed by atoms with Crippen LogP contribution in [0.4, 0.5) is 0 Å². The number of aliphatic hydroxyl groups is 1. The Morgan fingerprint density at radius 1 is 1.25 bits per heavy atom. The molecule has 1 aromatic rings. The summed E-state index contributed by atoms with van der Waals surface area (Å²) in [6.07, 6.45) is 0.